The van der Waals surface area contributed by atoms with E-state index >= 15 is 0 Å². The molecule has 0 fully saturated rings. The molecule has 1 aromatic carbocycles. The number of alkyl halides is 1. The highest BCUT2D eigenvalue weighted by Gasteiger charge is 1.99. The molecule has 0 N–H and O–H groups in total. The Morgan fingerprint density at radius 1 is 1.18 bits per heavy atom. The van der Waals surface area contributed by atoms with Gasteiger partial charge in [-0.25, -0.2) is 9.37 Å². The largest absolute Gasteiger partial charge is 0.473 e. The van der Waals surface area contributed by atoms with E-state index in [1.54, 1.807) is 0 Å². The molecule has 1 heterocycles. The van der Waals surface area contributed by atoms with Gasteiger partial charge in [-0.3, -0.25) is 0 Å². The Kier molecular flexibility index (Phi) is 3.94. The van der Waals surface area contributed by atoms with Gasteiger partial charge in [0.2, 0.25) is 5.88 Å². The van der Waals surface area contributed by atoms with E-state index in [-0.39, 0.29) is 5.82 Å². The third-order valence-electron chi connectivity index (χ3n) is 2.23. The molecular formula is C13H11ClFNO. The Morgan fingerprint density at radius 3 is 2.71 bits per heavy atom. The van der Waals surface area contributed by atoms with Crippen molar-refractivity contribution < 1.29 is 9.13 Å². The average molecular weight is 252 g/mol. The molecule has 17 heavy (non-hydrogen) atoms. The van der Waals surface area contributed by atoms with Crippen LogP contribution in [0.2, 0.25) is 0 Å². The fourth-order valence-electron chi connectivity index (χ4n) is 1.41. The van der Waals surface area contributed by atoms with Gasteiger partial charge in [-0.1, -0.05) is 24.3 Å². The van der Waals surface area contributed by atoms with Crippen molar-refractivity contribution in [2.45, 2.75) is 12.5 Å². The van der Waals surface area contributed by atoms with Gasteiger partial charge >= 0.3 is 0 Å². The summed E-state index contributed by atoms with van der Waals surface area (Å²) in [6, 6.07) is 10.6. The molecule has 0 radical (unpaired) electrons. The molecule has 2 nitrogen and oxygen atoms in total. The second-order valence-electron chi connectivity index (χ2n) is 3.56. The molecular weight excluding hydrogens is 241 g/mol. The SMILES string of the molecule is Fc1ccc(OCc2cccc(CCl)c2)nc1. The predicted molar refractivity (Wildman–Crippen MR) is 64.5 cm³/mol. The topological polar surface area (TPSA) is 22.1 Å². The van der Waals surface area contributed by atoms with Crippen molar-refractivity contribution in [2.24, 2.45) is 0 Å². The molecule has 0 saturated heterocycles. The smallest absolute Gasteiger partial charge is 0.213 e. The molecule has 0 unspecified atom stereocenters. The van der Waals surface area contributed by atoms with Gasteiger partial charge in [-0.15, -0.1) is 11.6 Å². The molecule has 2 rings (SSSR count). The van der Waals surface area contributed by atoms with E-state index in [1.165, 1.54) is 12.1 Å². The number of aromatic nitrogens is 1. The van der Waals surface area contributed by atoms with Crippen LogP contribution < -0.4 is 4.74 Å². The lowest BCUT2D eigenvalue weighted by Gasteiger charge is -2.06. The molecule has 2 aromatic rings. The van der Waals surface area contributed by atoms with Crippen LogP contribution in [0.15, 0.2) is 42.6 Å². The van der Waals surface area contributed by atoms with Gasteiger partial charge in [0.25, 0.3) is 0 Å². The zero-order chi connectivity index (χ0) is 12.1. The van der Waals surface area contributed by atoms with E-state index in [2.05, 4.69) is 4.98 Å². The number of rotatable bonds is 4. The number of halogens is 2. The average Bonchev–Trinajstić information content (AvgIpc) is 2.38. The maximum atomic E-state index is 12.6. The van der Waals surface area contributed by atoms with Gasteiger partial charge in [-0.2, -0.15) is 0 Å². The lowest BCUT2D eigenvalue weighted by Crippen LogP contribution is -1.97. The Hall–Kier alpha value is -1.61. The Labute approximate surface area is 104 Å². The molecule has 0 amide bonds. The van der Waals surface area contributed by atoms with Crippen LogP contribution in [-0.2, 0) is 12.5 Å². The molecule has 0 aliphatic heterocycles. The summed E-state index contributed by atoms with van der Waals surface area (Å²) in [5.74, 6) is 0.506. The summed E-state index contributed by atoms with van der Waals surface area (Å²) in [5, 5.41) is 0. The van der Waals surface area contributed by atoms with Crippen LogP contribution in [0.4, 0.5) is 4.39 Å². The third-order valence-corrected chi connectivity index (χ3v) is 2.54. The first-order chi connectivity index (χ1) is 8.28. The van der Waals surface area contributed by atoms with Crippen molar-refractivity contribution in [3.63, 3.8) is 0 Å². The molecule has 0 spiro atoms. The highest BCUT2D eigenvalue weighted by molar-refractivity contribution is 6.17. The van der Waals surface area contributed by atoms with Gasteiger partial charge < -0.3 is 4.74 Å². The first-order valence-corrected chi connectivity index (χ1v) is 5.69. The zero-order valence-electron chi connectivity index (χ0n) is 9.07. The number of hydrogen-bond acceptors (Lipinski definition) is 2. The first kappa shape index (κ1) is 11.9. The summed E-state index contributed by atoms with van der Waals surface area (Å²) in [4.78, 5) is 3.81. The Bertz CT molecular complexity index is 487. The van der Waals surface area contributed by atoms with Gasteiger partial charge in [0.15, 0.2) is 0 Å². The molecule has 4 heteroatoms. The Morgan fingerprint density at radius 2 is 2.00 bits per heavy atom. The summed E-state index contributed by atoms with van der Waals surface area (Å²) in [6.45, 7) is 0.392. The summed E-state index contributed by atoms with van der Waals surface area (Å²) in [5.41, 5.74) is 2.05. The van der Waals surface area contributed by atoms with Crippen molar-refractivity contribution in [3.8, 4) is 5.88 Å². The molecule has 0 bridgehead atoms. The highest BCUT2D eigenvalue weighted by atomic mass is 35.5. The summed E-state index contributed by atoms with van der Waals surface area (Å²) in [7, 11) is 0. The van der Waals surface area contributed by atoms with Crippen LogP contribution in [0.5, 0.6) is 5.88 Å². The van der Waals surface area contributed by atoms with E-state index < -0.39 is 0 Å². The molecule has 0 aliphatic rings. The summed E-state index contributed by atoms with van der Waals surface area (Å²) in [6.07, 6.45) is 1.13. The lowest BCUT2D eigenvalue weighted by atomic mass is 10.1. The number of nitrogens with zero attached hydrogens (tertiary/aromatic N) is 1. The number of pyridine rings is 1. The predicted octanol–water partition coefficient (Wildman–Crippen LogP) is 3.54. The van der Waals surface area contributed by atoms with E-state index in [0.29, 0.717) is 18.4 Å². The van der Waals surface area contributed by atoms with Gasteiger partial charge in [0.05, 0.1) is 6.20 Å². The second kappa shape index (κ2) is 5.64. The van der Waals surface area contributed by atoms with Gasteiger partial charge in [0.1, 0.15) is 12.4 Å². The normalized spacial score (nSPS) is 10.2. The molecule has 0 aliphatic carbocycles. The van der Waals surface area contributed by atoms with Crippen LogP contribution in [0.25, 0.3) is 0 Å². The molecule has 0 saturated carbocycles. The van der Waals surface area contributed by atoms with Crippen molar-refractivity contribution >= 4 is 11.6 Å². The van der Waals surface area contributed by atoms with Crippen molar-refractivity contribution in [1.29, 1.82) is 0 Å². The highest BCUT2D eigenvalue weighted by Crippen LogP contribution is 2.12. The Balaban J connectivity index is 1.99. The standard InChI is InChI=1S/C13H11ClFNO/c14-7-10-2-1-3-11(6-10)9-17-13-5-4-12(15)8-16-13/h1-6,8H,7,9H2. The zero-order valence-corrected chi connectivity index (χ0v) is 9.82. The van der Waals surface area contributed by atoms with Gasteiger partial charge in [0, 0.05) is 11.9 Å². The minimum atomic E-state index is -0.374. The van der Waals surface area contributed by atoms with E-state index in [1.807, 2.05) is 24.3 Å². The third kappa shape index (κ3) is 3.43. The van der Waals surface area contributed by atoms with Gasteiger partial charge in [-0.05, 0) is 17.2 Å². The summed E-state index contributed by atoms with van der Waals surface area (Å²) < 4.78 is 18.0. The quantitative estimate of drug-likeness (QED) is 0.776. The van der Waals surface area contributed by atoms with E-state index in [0.717, 1.165) is 17.3 Å². The van der Waals surface area contributed by atoms with E-state index in [9.17, 15) is 4.39 Å². The van der Waals surface area contributed by atoms with E-state index in [4.69, 9.17) is 16.3 Å². The lowest BCUT2D eigenvalue weighted by molar-refractivity contribution is 0.293. The van der Waals surface area contributed by atoms with Crippen LogP contribution in [0.3, 0.4) is 0 Å². The minimum Gasteiger partial charge on any atom is -0.473 e. The van der Waals surface area contributed by atoms with Crippen molar-refractivity contribution in [2.75, 3.05) is 0 Å². The first-order valence-electron chi connectivity index (χ1n) is 5.16. The monoisotopic (exact) mass is 251 g/mol. The number of hydrogen-bond donors (Lipinski definition) is 0. The maximum Gasteiger partial charge on any atom is 0.213 e. The van der Waals surface area contributed by atoms with Crippen molar-refractivity contribution in [1.82, 2.24) is 4.98 Å². The molecule has 0 atom stereocenters. The fourth-order valence-corrected chi connectivity index (χ4v) is 1.57. The van der Waals surface area contributed by atoms with Crippen LogP contribution >= 0.6 is 11.6 Å². The number of benzene rings is 1. The molecule has 88 valence electrons. The summed E-state index contributed by atoms with van der Waals surface area (Å²) >= 11 is 5.74. The fraction of sp³-hybridized carbons (Fsp3) is 0.154. The van der Waals surface area contributed by atoms with Crippen LogP contribution in [0.1, 0.15) is 11.1 Å². The second-order valence-corrected chi connectivity index (χ2v) is 3.82. The minimum absolute atomic E-state index is 0.374. The number of ether oxygens (including phenoxy) is 1. The van der Waals surface area contributed by atoms with Crippen molar-refractivity contribution in [3.05, 3.63) is 59.5 Å². The maximum absolute atomic E-state index is 12.6. The molecule has 1 aromatic heterocycles. The van der Waals surface area contributed by atoms with Crippen LogP contribution in [0, 0.1) is 5.82 Å². The van der Waals surface area contributed by atoms with Crippen LogP contribution in [-0.4, -0.2) is 4.98 Å².